The van der Waals surface area contributed by atoms with Gasteiger partial charge in [-0.3, -0.25) is 4.79 Å². The maximum Gasteiger partial charge on any atom is 0.163 e. The lowest BCUT2D eigenvalue weighted by Gasteiger charge is -2.24. The van der Waals surface area contributed by atoms with E-state index in [-0.39, 0.29) is 11.5 Å². The molecule has 0 heterocycles. The first kappa shape index (κ1) is 14.1. The predicted molar refractivity (Wildman–Crippen MR) is 82.0 cm³/mol. The van der Waals surface area contributed by atoms with Crippen molar-refractivity contribution in [3.8, 4) is 5.75 Å². The number of anilines is 2. The first-order valence-corrected chi connectivity index (χ1v) is 6.71. The Kier molecular flexibility index (Phi) is 4.08. The summed E-state index contributed by atoms with van der Waals surface area (Å²) in [6.45, 7) is 6.33. The van der Waals surface area contributed by atoms with E-state index >= 15 is 0 Å². The molecule has 2 aromatic carbocycles. The summed E-state index contributed by atoms with van der Waals surface area (Å²) in [5.41, 5.74) is 3.50. The van der Waals surface area contributed by atoms with Crippen LogP contribution in [0.15, 0.2) is 42.5 Å². The van der Waals surface area contributed by atoms with Crippen molar-refractivity contribution >= 4 is 17.2 Å². The number of aryl methyl sites for hydroxylation is 1. The average Bonchev–Trinajstić information content (AvgIpc) is 2.41. The number of ketones is 1. The molecule has 2 aromatic rings. The maximum atomic E-state index is 11.4. The van der Waals surface area contributed by atoms with E-state index in [9.17, 15) is 9.90 Å². The lowest BCUT2D eigenvalue weighted by Crippen LogP contribution is -2.16. The molecule has 0 saturated heterocycles. The number of phenolic OH excluding ortho intramolecular Hbond substituents is 1. The summed E-state index contributed by atoms with van der Waals surface area (Å²) in [7, 11) is 0. The van der Waals surface area contributed by atoms with Gasteiger partial charge in [-0.1, -0.05) is 17.7 Å². The van der Waals surface area contributed by atoms with Gasteiger partial charge in [-0.15, -0.1) is 0 Å². The number of carbonyl (C=O) groups is 1. The van der Waals surface area contributed by atoms with Gasteiger partial charge < -0.3 is 10.0 Å². The second-order valence-electron chi connectivity index (χ2n) is 4.84. The van der Waals surface area contributed by atoms with Crippen molar-refractivity contribution in [1.82, 2.24) is 0 Å². The van der Waals surface area contributed by atoms with Crippen LogP contribution in [0.3, 0.4) is 0 Å². The predicted octanol–water partition coefficient (Wildman–Crippen LogP) is 4.06. The lowest BCUT2D eigenvalue weighted by molar-refractivity contribution is 0.101. The van der Waals surface area contributed by atoms with Gasteiger partial charge in [-0.2, -0.15) is 0 Å². The second kappa shape index (κ2) is 5.78. The Balaban J connectivity index is 2.39. The van der Waals surface area contributed by atoms with Crippen molar-refractivity contribution in [2.45, 2.75) is 20.8 Å². The fourth-order valence-electron chi connectivity index (χ4n) is 2.22. The molecular formula is C17H19NO2. The molecule has 0 bridgehead atoms. The zero-order chi connectivity index (χ0) is 14.7. The first-order chi connectivity index (χ1) is 9.52. The minimum atomic E-state index is -0.132. The largest absolute Gasteiger partial charge is 0.507 e. The number of Topliss-reactive ketones (excluding diaryl/α,β-unsaturated/α-hetero) is 1. The Labute approximate surface area is 119 Å². The van der Waals surface area contributed by atoms with Crippen molar-refractivity contribution < 1.29 is 9.90 Å². The minimum Gasteiger partial charge on any atom is -0.507 e. The van der Waals surface area contributed by atoms with Gasteiger partial charge in [0.05, 0.1) is 5.56 Å². The summed E-state index contributed by atoms with van der Waals surface area (Å²) < 4.78 is 0. The summed E-state index contributed by atoms with van der Waals surface area (Å²) in [6.07, 6.45) is 0. The molecule has 3 nitrogen and oxygen atoms in total. The number of aromatic hydroxyl groups is 1. The number of carbonyl (C=O) groups excluding carboxylic acids is 1. The SMILES string of the molecule is CCN(c1ccc(C)cc1)c1ccc(C(C)=O)c(O)c1. The fourth-order valence-corrected chi connectivity index (χ4v) is 2.22. The molecule has 0 aliphatic heterocycles. The highest BCUT2D eigenvalue weighted by atomic mass is 16.3. The van der Waals surface area contributed by atoms with Gasteiger partial charge in [0.2, 0.25) is 0 Å². The van der Waals surface area contributed by atoms with Crippen molar-refractivity contribution in [1.29, 1.82) is 0 Å². The van der Waals surface area contributed by atoms with E-state index in [1.165, 1.54) is 12.5 Å². The van der Waals surface area contributed by atoms with Gasteiger partial charge in [0, 0.05) is 24.0 Å². The molecule has 0 unspecified atom stereocenters. The van der Waals surface area contributed by atoms with Crippen LogP contribution in [0.4, 0.5) is 11.4 Å². The standard InChI is InChI=1S/C17H19NO2/c1-4-18(14-7-5-12(2)6-8-14)15-9-10-16(13(3)19)17(20)11-15/h5-11,20H,4H2,1-3H3. The maximum absolute atomic E-state index is 11.4. The van der Waals surface area contributed by atoms with Gasteiger partial charge >= 0.3 is 0 Å². The molecule has 0 spiro atoms. The number of hydrogen-bond acceptors (Lipinski definition) is 3. The Morgan fingerprint density at radius 2 is 1.70 bits per heavy atom. The highest BCUT2D eigenvalue weighted by Crippen LogP contribution is 2.30. The van der Waals surface area contributed by atoms with Gasteiger partial charge in [0.25, 0.3) is 0 Å². The smallest absolute Gasteiger partial charge is 0.163 e. The third-order valence-corrected chi connectivity index (χ3v) is 3.33. The van der Waals surface area contributed by atoms with E-state index < -0.39 is 0 Å². The highest BCUT2D eigenvalue weighted by Gasteiger charge is 2.11. The van der Waals surface area contributed by atoms with Gasteiger partial charge in [0.1, 0.15) is 5.75 Å². The first-order valence-electron chi connectivity index (χ1n) is 6.71. The van der Waals surface area contributed by atoms with Crippen LogP contribution in [0.1, 0.15) is 29.8 Å². The fraction of sp³-hybridized carbons (Fsp3) is 0.235. The normalized spacial score (nSPS) is 10.3. The summed E-state index contributed by atoms with van der Waals surface area (Å²) in [6, 6.07) is 13.4. The summed E-state index contributed by atoms with van der Waals surface area (Å²) in [5.74, 6) is -0.104. The lowest BCUT2D eigenvalue weighted by atomic mass is 10.1. The molecule has 0 aliphatic carbocycles. The highest BCUT2D eigenvalue weighted by molar-refractivity contribution is 5.97. The van der Waals surface area contributed by atoms with Crippen LogP contribution in [0.2, 0.25) is 0 Å². The third-order valence-electron chi connectivity index (χ3n) is 3.33. The molecule has 0 aromatic heterocycles. The van der Waals surface area contributed by atoms with Crippen LogP contribution in [0.5, 0.6) is 5.75 Å². The molecule has 3 heteroatoms. The Bertz CT molecular complexity index is 617. The van der Waals surface area contributed by atoms with Crippen LogP contribution >= 0.6 is 0 Å². The van der Waals surface area contributed by atoms with Crippen molar-refractivity contribution in [3.05, 3.63) is 53.6 Å². The number of hydrogen-bond donors (Lipinski definition) is 1. The monoisotopic (exact) mass is 269 g/mol. The molecule has 0 amide bonds. The Morgan fingerprint density at radius 3 is 2.20 bits per heavy atom. The molecule has 0 aliphatic rings. The van der Waals surface area contributed by atoms with Gasteiger partial charge in [0.15, 0.2) is 5.78 Å². The van der Waals surface area contributed by atoms with Crippen LogP contribution in [-0.2, 0) is 0 Å². The summed E-state index contributed by atoms with van der Waals surface area (Å²) >= 11 is 0. The van der Waals surface area contributed by atoms with Crippen molar-refractivity contribution in [2.24, 2.45) is 0 Å². The van der Waals surface area contributed by atoms with Crippen molar-refractivity contribution in [3.63, 3.8) is 0 Å². The molecule has 0 atom stereocenters. The zero-order valence-electron chi connectivity index (χ0n) is 12.1. The second-order valence-corrected chi connectivity index (χ2v) is 4.84. The summed E-state index contributed by atoms with van der Waals surface area (Å²) in [5, 5.41) is 9.95. The zero-order valence-corrected chi connectivity index (χ0v) is 12.1. The average molecular weight is 269 g/mol. The Morgan fingerprint density at radius 1 is 1.10 bits per heavy atom. The van der Waals surface area contributed by atoms with E-state index in [0.717, 1.165) is 17.9 Å². The number of nitrogens with zero attached hydrogens (tertiary/aromatic N) is 1. The van der Waals surface area contributed by atoms with Crippen LogP contribution in [-0.4, -0.2) is 17.4 Å². The Hall–Kier alpha value is -2.29. The molecule has 104 valence electrons. The summed E-state index contributed by atoms with van der Waals surface area (Å²) in [4.78, 5) is 13.4. The molecule has 0 fully saturated rings. The van der Waals surface area contributed by atoms with E-state index in [0.29, 0.717) is 5.56 Å². The van der Waals surface area contributed by atoms with E-state index in [1.54, 1.807) is 12.1 Å². The number of benzene rings is 2. The van der Waals surface area contributed by atoms with Crippen LogP contribution in [0.25, 0.3) is 0 Å². The van der Waals surface area contributed by atoms with Gasteiger partial charge in [-0.25, -0.2) is 0 Å². The molecule has 0 saturated carbocycles. The third kappa shape index (κ3) is 2.82. The van der Waals surface area contributed by atoms with E-state index in [4.69, 9.17) is 0 Å². The van der Waals surface area contributed by atoms with Crippen molar-refractivity contribution in [2.75, 3.05) is 11.4 Å². The topological polar surface area (TPSA) is 40.5 Å². The van der Waals surface area contributed by atoms with E-state index in [1.807, 2.05) is 13.0 Å². The van der Waals surface area contributed by atoms with Gasteiger partial charge in [-0.05, 0) is 45.0 Å². The quantitative estimate of drug-likeness (QED) is 0.851. The van der Waals surface area contributed by atoms with Crippen LogP contribution in [0, 0.1) is 6.92 Å². The van der Waals surface area contributed by atoms with Crippen LogP contribution < -0.4 is 4.90 Å². The molecule has 2 rings (SSSR count). The number of phenols is 1. The minimum absolute atomic E-state index is 0.0283. The van der Waals surface area contributed by atoms with E-state index in [2.05, 4.69) is 36.1 Å². The number of rotatable bonds is 4. The molecular weight excluding hydrogens is 250 g/mol. The molecule has 1 N–H and O–H groups in total. The molecule has 20 heavy (non-hydrogen) atoms. The molecule has 0 radical (unpaired) electrons.